The standard InChI is InChI=1S/C10H9F6NO/c11-9(12,13)5-8(17)6-1-3-7(4-2-6)18-10(14,15)16/h1-4,8H,5,17H2/t8-/m0/s1. The SMILES string of the molecule is N[C@@H](CC(F)(F)F)c1ccc(OC(F)(F)F)cc1. The summed E-state index contributed by atoms with van der Waals surface area (Å²) < 4.78 is 75.2. The smallest absolute Gasteiger partial charge is 0.406 e. The molecule has 0 fully saturated rings. The number of rotatable bonds is 3. The second kappa shape index (κ2) is 5.05. The molecule has 1 rings (SSSR count). The highest BCUT2D eigenvalue weighted by atomic mass is 19.4. The van der Waals surface area contributed by atoms with Crippen molar-refractivity contribution in [2.75, 3.05) is 0 Å². The minimum Gasteiger partial charge on any atom is -0.406 e. The van der Waals surface area contributed by atoms with Crippen LogP contribution in [0.2, 0.25) is 0 Å². The van der Waals surface area contributed by atoms with E-state index >= 15 is 0 Å². The highest BCUT2D eigenvalue weighted by molar-refractivity contribution is 5.29. The molecule has 2 nitrogen and oxygen atoms in total. The van der Waals surface area contributed by atoms with E-state index in [1.807, 2.05) is 0 Å². The van der Waals surface area contributed by atoms with Gasteiger partial charge in [0.05, 0.1) is 6.42 Å². The average molecular weight is 273 g/mol. The first-order valence-corrected chi connectivity index (χ1v) is 4.75. The van der Waals surface area contributed by atoms with Crippen LogP contribution >= 0.6 is 0 Å². The van der Waals surface area contributed by atoms with Crippen molar-refractivity contribution in [2.45, 2.75) is 25.0 Å². The van der Waals surface area contributed by atoms with Crippen LogP contribution in [-0.4, -0.2) is 12.5 Å². The van der Waals surface area contributed by atoms with E-state index in [1.54, 1.807) is 0 Å². The Morgan fingerprint density at radius 2 is 1.50 bits per heavy atom. The van der Waals surface area contributed by atoms with Gasteiger partial charge in [0.1, 0.15) is 5.75 Å². The fraction of sp³-hybridized carbons (Fsp3) is 0.400. The Labute approximate surface area is 98.3 Å². The summed E-state index contributed by atoms with van der Waals surface area (Å²) in [5.41, 5.74) is 5.36. The van der Waals surface area contributed by atoms with Crippen molar-refractivity contribution in [2.24, 2.45) is 5.73 Å². The van der Waals surface area contributed by atoms with Gasteiger partial charge in [0.2, 0.25) is 0 Å². The first-order chi connectivity index (χ1) is 8.07. The molecule has 0 unspecified atom stereocenters. The quantitative estimate of drug-likeness (QED) is 0.855. The molecular formula is C10H9F6NO. The molecule has 0 aromatic heterocycles. The van der Waals surface area contributed by atoms with Crippen molar-refractivity contribution in [3.8, 4) is 5.75 Å². The van der Waals surface area contributed by atoms with Gasteiger partial charge in [-0.25, -0.2) is 0 Å². The van der Waals surface area contributed by atoms with Gasteiger partial charge in [0.15, 0.2) is 0 Å². The molecule has 0 aliphatic rings. The normalized spacial score (nSPS) is 14.4. The minimum atomic E-state index is -4.84. The largest absolute Gasteiger partial charge is 0.573 e. The van der Waals surface area contributed by atoms with Crippen LogP contribution in [0.5, 0.6) is 5.75 Å². The Kier molecular flexibility index (Phi) is 4.10. The summed E-state index contributed by atoms with van der Waals surface area (Å²) in [6, 6.07) is 2.65. The lowest BCUT2D eigenvalue weighted by molar-refractivity contribution is -0.274. The van der Waals surface area contributed by atoms with Crippen LogP contribution in [0.25, 0.3) is 0 Å². The van der Waals surface area contributed by atoms with Gasteiger partial charge in [-0.1, -0.05) is 12.1 Å². The average Bonchev–Trinajstić information content (AvgIpc) is 2.13. The molecular weight excluding hydrogens is 264 g/mol. The summed E-state index contributed by atoms with van der Waals surface area (Å²) in [5, 5.41) is 0. The van der Waals surface area contributed by atoms with E-state index in [2.05, 4.69) is 4.74 Å². The maximum Gasteiger partial charge on any atom is 0.573 e. The molecule has 2 N–H and O–H groups in total. The van der Waals surface area contributed by atoms with Crippen molar-refractivity contribution in [3.05, 3.63) is 29.8 Å². The lowest BCUT2D eigenvalue weighted by Gasteiger charge is -2.15. The molecule has 8 heteroatoms. The van der Waals surface area contributed by atoms with E-state index in [1.165, 1.54) is 0 Å². The first-order valence-electron chi connectivity index (χ1n) is 4.75. The van der Waals surface area contributed by atoms with E-state index in [0.717, 1.165) is 24.3 Å². The number of hydrogen-bond acceptors (Lipinski definition) is 2. The zero-order valence-electron chi connectivity index (χ0n) is 8.85. The van der Waals surface area contributed by atoms with Gasteiger partial charge in [0, 0.05) is 6.04 Å². The van der Waals surface area contributed by atoms with Gasteiger partial charge in [0.25, 0.3) is 0 Å². The van der Waals surface area contributed by atoms with E-state index in [0.29, 0.717) is 0 Å². The molecule has 0 heterocycles. The lowest BCUT2D eigenvalue weighted by Crippen LogP contribution is -2.20. The molecule has 0 saturated heterocycles. The Hall–Kier alpha value is -1.44. The van der Waals surface area contributed by atoms with Gasteiger partial charge in [-0.15, -0.1) is 13.2 Å². The predicted octanol–water partition coefficient (Wildman–Crippen LogP) is 3.54. The molecule has 1 aromatic carbocycles. The van der Waals surface area contributed by atoms with Gasteiger partial charge >= 0.3 is 12.5 Å². The lowest BCUT2D eigenvalue weighted by atomic mass is 10.0. The monoisotopic (exact) mass is 273 g/mol. The molecule has 102 valence electrons. The fourth-order valence-corrected chi connectivity index (χ4v) is 1.28. The van der Waals surface area contributed by atoms with Crippen LogP contribution in [0.1, 0.15) is 18.0 Å². The first kappa shape index (κ1) is 14.6. The molecule has 0 bridgehead atoms. The van der Waals surface area contributed by atoms with Crippen molar-refractivity contribution >= 4 is 0 Å². The van der Waals surface area contributed by atoms with Crippen LogP contribution in [0.3, 0.4) is 0 Å². The van der Waals surface area contributed by atoms with Crippen molar-refractivity contribution in [1.82, 2.24) is 0 Å². The van der Waals surface area contributed by atoms with Crippen LogP contribution in [-0.2, 0) is 0 Å². The minimum absolute atomic E-state index is 0.0850. The molecule has 1 aromatic rings. The summed E-state index contributed by atoms with van der Waals surface area (Å²) >= 11 is 0. The summed E-state index contributed by atoms with van der Waals surface area (Å²) in [7, 11) is 0. The molecule has 1 atom stereocenters. The van der Waals surface area contributed by atoms with Crippen molar-refractivity contribution in [3.63, 3.8) is 0 Å². The van der Waals surface area contributed by atoms with E-state index < -0.39 is 30.8 Å². The van der Waals surface area contributed by atoms with Gasteiger partial charge in [-0.05, 0) is 17.7 Å². The molecule has 18 heavy (non-hydrogen) atoms. The van der Waals surface area contributed by atoms with E-state index in [-0.39, 0.29) is 5.56 Å². The third-order valence-corrected chi connectivity index (χ3v) is 1.99. The number of ether oxygens (including phenoxy) is 1. The second-order valence-electron chi connectivity index (χ2n) is 3.54. The molecule has 0 spiro atoms. The zero-order chi connectivity index (χ0) is 14.0. The number of halogens is 6. The van der Waals surface area contributed by atoms with Crippen molar-refractivity contribution in [1.29, 1.82) is 0 Å². The molecule has 0 aliphatic heterocycles. The number of hydrogen-bond donors (Lipinski definition) is 1. The Morgan fingerprint density at radius 3 is 1.89 bits per heavy atom. The maximum atomic E-state index is 12.0. The third kappa shape index (κ3) is 5.26. The van der Waals surface area contributed by atoms with Gasteiger partial charge in [-0.3, -0.25) is 0 Å². The molecule has 0 aliphatic carbocycles. The van der Waals surface area contributed by atoms with Crippen molar-refractivity contribution < 1.29 is 31.1 Å². The maximum absolute atomic E-state index is 12.0. The number of nitrogens with two attached hydrogens (primary N) is 1. The van der Waals surface area contributed by atoms with E-state index in [9.17, 15) is 26.3 Å². The Bertz CT molecular complexity index is 383. The zero-order valence-corrected chi connectivity index (χ0v) is 8.85. The molecule has 0 radical (unpaired) electrons. The van der Waals surface area contributed by atoms with Crippen LogP contribution in [0.4, 0.5) is 26.3 Å². The Morgan fingerprint density at radius 1 is 1.00 bits per heavy atom. The summed E-state index contributed by atoms with van der Waals surface area (Å²) in [4.78, 5) is 0. The summed E-state index contributed by atoms with van der Waals surface area (Å²) in [6.45, 7) is 0. The van der Waals surface area contributed by atoms with Gasteiger partial charge < -0.3 is 10.5 Å². The highest BCUT2D eigenvalue weighted by Gasteiger charge is 2.32. The third-order valence-electron chi connectivity index (χ3n) is 1.99. The van der Waals surface area contributed by atoms with Crippen LogP contribution < -0.4 is 10.5 Å². The van der Waals surface area contributed by atoms with E-state index in [4.69, 9.17) is 5.73 Å². The predicted molar refractivity (Wildman–Crippen MR) is 50.7 cm³/mol. The van der Waals surface area contributed by atoms with Crippen LogP contribution in [0, 0.1) is 0 Å². The number of alkyl halides is 6. The highest BCUT2D eigenvalue weighted by Crippen LogP contribution is 2.29. The summed E-state index contributed by atoms with van der Waals surface area (Å²) in [5.74, 6) is -0.509. The summed E-state index contributed by atoms with van der Waals surface area (Å²) in [6.07, 6.45) is -10.5. The topological polar surface area (TPSA) is 35.2 Å². The fourth-order valence-electron chi connectivity index (χ4n) is 1.28. The van der Waals surface area contributed by atoms with Gasteiger partial charge in [-0.2, -0.15) is 13.2 Å². The molecule has 0 saturated carbocycles. The Balaban J connectivity index is 2.71. The second-order valence-corrected chi connectivity index (χ2v) is 3.54. The van der Waals surface area contributed by atoms with Crippen LogP contribution in [0.15, 0.2) is 24.3 Å². The molecule has 0 amide bonds. The number of benzene rings is 1.